The summed E-state index contributed by atoms with van der Waals surface area (Å²) in [4.78, 5) is 21.5. The zero-order valence-corrected chi connectivity index (χ0v) is 5.91. The fourth-order valence-corrected chi connectivity index (χ4v) is 1.75. The van der Waals surface area contributed by atoms with Gasteiger partial charge < -0.3 is 10.4 Å². The fraction of sp³-hybridized carbons (Fsp3) is 0.714. The molecule has 1 saturated heterocycles. The molecular formula is C7H9NO3. The topological polar surface area (TPSA) is 66.4 Å². The summed E-state index contributed by atoms with van der Waals surface area (Å²) in [5.74, 6) is -1.49. The predicted octanol–water partition coefficient (Wildman–Crippen LogP) is -0.547. The second-order valence-corrected chi connectivity index (χ2v) is 3.22. The highest BCUT2D eigenvalue weighted by Gasteiger charge is 2.52. The SMILES string of the molecule is O=C(O)C1C(=O)NCC2CC21. The van der Waals surface area contributed by atoms with E-state index in [9.17, 15) is 9.59 Å². The van der Waals surface area contributed by atoms with Crippen LogP contribution in [0.4, 0.5) is 0 Å². The first kappa shape index (κ1) is 6.64. The van der Waals surface area contributed by atoms with Gasteiger partial charge in [-0.15, -0.1) is 0 Å². The highest BCUT2D eigenvalue weighted by Crippen LogP contribution is 2.46. The summed E-state index contributed by atoms with van der Waals surface area (Å²) in [5, 5.41) is 11.2. The van der Waals surface area contributed by atoms with Crippen molar-refractivity contribution in [2.24, 2.45) is 17.8 Å². The van der Waals surface area contributed by atoms with Gasteiger partial charge in [-0.3, -0.25) is 9.59 Å². The van der Waals surface area contributed by atoms with Crippen LogP contribution >= 0.6 is 0 Å². The van der Waals surface area contributed by atoms with Gasteiger partial charge in [0.2, 0.25) is 5.91 Å². The van der Waals surface area contributed by atoms with Crippen molar-refractivity contribution < 1.29 is 14.7 Å². The maximum atomic E-state index is 11.0. The molecule has 0 aromatic carbocycles. The van der Waals surface area contributed by atoms with Crippen LogP contribution in [0.1, 0.15) is 6.42 Å². The average Bonchev–Trinajstić information content (AvgIpc) is 2.64. The Labute approximate surface area is 63.6 Å². The smallest absolute Gasteiger partial charge is 0.316 e. The summed E-state index contributed by atoms with van der Waals surface area (Å²) in [6.45, 7) is 0.674. The molecule has 1 saturated carbocycles. The van der Waals surface area contributed by atoms with E-state index in [2.05, 4.69) is 5.32 Å². The van der Waals surface area contributed by atoms with Gasteiger partial charge in [0.05, 0.1) is 0 Å². The molecule has 2 N–H and O–H groups in total. The first-order chi connectivity index (χ1) is 5.20. The van der Waals surface area contributed by atoms with Gasteiger partial charge in [-0.25, -0.2) is 0 Å². The Hall–Kier alpha value is -1.06. The van der Waals surface area contributed by atoms with Crippen molar-refractivity contribution in [1.82, 2.24) is 5.32 Å². The van der Waals surface area contributed by atoms with Crippen molar-refractivity contribution in [3.8, 4) is 0 Å². The third-order valence-corrected chi connectivity index (χ3v) is 2.49. The molecule has 11 heavy (non-hydrogen) atoms. The van der Waals surface area contributed by atoms with Crippen LogP contribution in [-0.4, -0.2) is 23.5 Å². The monoisotopic (exact) mass is 155 g/mol. The molecule has 0 radical (unpaired) electrons. The maximum Gasteiger partial charge on any atom is 0.316 e. The van der Waals surface area contributed by atoms with E-state index in [1.165, 1.54) is 0 Å². The fourth-order valence-electron chi connectivity index (χ4n) is 1.75. The number of piperidine rings is 1. The third kappa shape index (κ3) is 0.895. The molecule has 1 heterocycles. The minimum Gasteiger partial charge on any atom is -0.481 e. The number of carbonyl (C=O) groups is 2. The molecule has 3 atom stereocenters. The molecule has 4 nitrogen and oxygen atoms in total. The minimum atomic E-state index is -0.977. The zero-order chi connectivity index (χ0) is 8.01. The lowest BCUT2D eigenvalue weighted by Gasteiger charge is -2.16. The van der Waals surface area contributed by atoms with E-state index in [1.54, 1.807) is 0 Å². The lowest BCUT2D eigenvalue weighted by atomic mass is 9.98. The number of rotatable bonds is 1. The van der Waals surface area contributed by atoms with E-state index < -0.39 is 11.9 Å². The van der Waals surface area contributed by atoms with Crippen molar-refractivity contribution in [2.75, 3.05) is 6.54 Å². The Morgan fingerprint density at radius 3 is 2.91 bits per heavy atom. The summed E-state index contributed by atoms with van der Waals surface area (Å²) >= 11 is 0. The second kappa shape index (κ2) is 1.96. The summed E-state index contributed by atoms with van der Waals surface area (Å²) in [6, 6.07) is 0. The van der Waals surface area contributed by atoms with Crippen molar-refractivity contribution in [2.45, 2.75) is 6.42 Å². The molecule has 0 aromatic heterocycles. The number of fused-ring (bicyclic) bond motifs is 1. The van der Waals surface area contributed by atoms with Crippen LogP contribution in [0.15, 0.2) is 0 Å². The number of amides is 1. The van der Waals surface area contributed by atoms with E-state index in [-0.39, 0.29) is 11.8 Å². The Balaban J connectivity index is 2.16. The van der Waals surface area contributed by atoms with E-state index in [0.29, 0.717) is 12.5 Å². The molecule has 4 heteroatoms. The number of hydrogen-bond donors (Lipinski definition) is 2. The Morgan fingerprint density at radius 2 is 2.36 bits per heavy atom. The Bertz CT molecular complexity index is 226. The maximum absolute atomic E-state index is 11.0. The number of nitrogens with one attached hydrogen (secondary N) is 1. The molecule has 3 unspecified atom stereocenters. The van der Waals surface area contributed by atoms with E-state index in [4.69, 9.17) is 5.11 Å². The first-order valence-corrected chi connectivity index (χ1v) is 3.70. The standard InChI is InChI=1S/C7H9NO3/c9-6-5(7(10)11)4-1-3(4)2-8-6/h3-5H,1-2H2,(H,8,9)(H,10,11). The number of carboxylic acids is 1. The largest absolute Gasteiger partial charge is 0.481 e. The minimum absolute atomic E-state index is 0.126. The van der Waals surface area contributed by atoms with Crippen LogP contribution in [0.2, 0.25) is 0 Å². The highest BCUT2D eigenvalue weighted by molar-refractivity contribution is 5.98. The normalized spacial score (nSPS) is 40.7. The summed E-state index contributed by atoms with van der Waals surface area (Å²) in [7, 11) is 0. The molecule has 1 aliphatic carbocycles. The van der Waals surface area contributed by atoms with Crippen LogP contribution in [0.3, 0.4) is 0 Å². The Morgan fingerprint density at radius 1 is 1.64 bits per heavy atom. The van der Waals surface area contributed by atoms with Gasteiger partial charge in [-0.05, 0) is 18.3 Å². The predicted molar refractivity (Wildman–Crippen MR) is 35.7 cm³/mol. The molecule has 2 rings (SSSR count). The van der Waals surface area contributed by atoms with Crippen LogP contribution in [-0.2, 0) is 9.59 Å². The molecule has 1 amide bonds. The second-order valence-electron chi connectivity index (χ2n) is 3.22. The molecule has 1 aliphatic heterocycles. The van der Waals surface area contributed by atoms with Gasteiger partial charge in [-0.2, -0.15) is 0 Å². The summed E-state index contributed by atoms with van der Waals surface area (Å²) in [6.07, 6.45) is 0.899. The van der Waals surface area contributed by atoms with Gasteiger partial charge in [0.1, 0.15) is 5.92 Å². The number of aliphatic carboxylic acids is 1. The summed E-state index contributed by atoms with van der Waals surface area (Å²) < 4.78 is 0. The molecule has 2 aliphatic rings. The number of hydrogen-bond acceptors (Lipinski definition) is 2. The molecule has 60 valence electrons. The molecule has 0 bridgehead atoms. The highest BCUT2D eigenvalue weighted by atomic mass is 16.4. The number of carboxylic acid groups (broad SMARTS) is 1. The van der Waals surface area contributed by atoms with Crippen LogP contribution < -0.4 is 5.32 Å². The van der Waals surface area contributed by atoms with Gasteiger partial charge >= 0.3 is 5.97 Å². The van der Waals surface area contributed by atoms with Crippen LogP contribution in [0.5, 0.6) is 0 Å². The molecular weight excluding hydrogens is 146 g/mol. The van der Waals surface area contributed by atoms with Crippen molar-refractivity contribution in [3.63, 3.8) is 0 Å². The Kier molecular flexibility index (Phi) is 1.19. The van der Waals surface area contributed by atoms with Crippen molar-refractivity contribution in [1.29, 1.82) is 0 Å². The molecule has 2 fully saturated rings. The van der Waals surface area contributed by atoms with Crippen molar-refractivity contribution in [3.05, 3.63) is 0 Å². The first-order valence-electron chi connectivity index (χ1n) is 3.70. The zero-order valence-electron chi connectivity index (χ0n) is 5.91. The summed E-state index contributed by atoms with van der Waals surface area (Å²) in [5.41, 5.74) is 0. The lowest BCUT2D eigenvalue weighted by molar-refractivity contribution is -0.148. The van der Waals surface area contributed by atoms with Crippen LogP contribution in [0, 0.1) is 17.8 Å². The van der Waals surface area contributed by atoms with Gasteiger partial charge in [0, 0.05) is 6.54 Å². The lowest BCUT2D eigenvalue weighted by Crippen LogP contribution is -2.42. The average molecular weight is 155 g/mol. The van der Waals surface area contributed by atoms with E-state index in [1.807, 2.05) is 0 Å². The molecule has 0 aromatic rings. The van der Waals surface area contributed by atoms with E-state index in [0.717, 1.165) is 6.42 Å². The van der Waals surface area contributed by atoms with E-state index >= 15 is 0 Å². The quantitative estimate of drug-likeness (QED) is 0.499. The third-order valence-electron chi connectivity index (χ3n) is 2.49. The molecule has 0 spiro atoms. The van der Waals surface area contributed by atoms with Gasteiger partial charge in [0.15, 0.2) is 0 Å². The van der Waals surface area contributed by atoms with Crippen molar-refractivity contribution >= 4 is 11.9 Å². The van der Waals surface area contributed by atoms with Gasteiger partial charge in [-0.1, -0.05) is 0 Å². The van der Waals surface area contributed by atoms with Gasteiger partial charge in [0.25, 0.3) is 0 Å². The number of carbonyl (C=O) groups excluding carboxylic acids is 1. The van der Waals surface area contributed by atoms with Crippen LogP contribution in [0.25, 0.3) is 0 Å².